The number of amides is 1. The molecule has 6 nitrogen and oxygen atoms in total. The highest BCUT2D eigenvalue weighted by Gasteiger charge is 2.13. The van der Waals surface area contributed by atoms with E-state index in [2.05, 4.69) is 15.5 Å². The van der Waals surface area contributed by atoms with Crippen molar-refractivity contribution in [1.82, 2.24) is 10.2 Å². The number of hydrogen-bond donors (Lipinski definition) is 3. The van der Waals surface area contributed by atoms with Crippen LogP contribution in [-0.4, -0.2) is 22.7 Å². The first-order valence-electron chi connectivity index (χ1n) is 6.37. The number of aryl methyl sites for hydroxylation is 1. The van der Waals surface area contributed by atoms with Gasteiger partial charge in [0.2, 0.25) is 0 Å². The standard InChI is InChI=1S/C14H18N4O2/c1-4-20-12-6-10(5-11(15)7-12)14(19)16-13-8(2)9(3)17-18-13/h5-7H,4,15H2,1-3H3,(H2,16,17,18,19). The number of nitrogens with one attached hydrogen (secondary N) is 2. The molecule has 0 radical (unpaired) electrons. The Labute approximate surface area is 117 Å². The number of carbonyl (C=O) groups is 1. The highest BCUT2D eigenvalue weighted by atomic mass is 16.5. The topological polar surface area (TPSA) is 93.0 Å². The smallest absolute Gasteiger partial charge is 0.257 e. The first kappa shape index (κ1) is 13.9. The monoisotopic (exact) mass is 274 g/mol. The minimum absolute atomic E-state index is 0.271. The molecule has 0 atom stereocenters. The fourth-order valence-electron chi connectivity index (χ4n) is 1.79. The molecular formula is C14H18N4O2. The average molecular weight is 274 g/mol. The molecule has 0 aliphatic heterocycles. The van der Waals surface area contributed by atoms with Crippen LogP contribution in [0.25, 0.3) is 0 Å². The number of benzene rings is 1. The summed E-state index contributed by atoms with van der Waals surface area (Å²) in [5.74, 6) is 0.827. The van der Waals surface area contributed by atoms with Gasteiger partial charge in [-0.15, -0.1) is 0 Å². The Morgan fingerprint density at radius 1 is 1.40 bits per heavy atom. The predicted molar refractivity (Wildman–Crippen MR) is 78.0 cm³/mol. The number of aromatic nitrogens is 2. The lowest BCUT2D eigenvalue weighted by Crippen LogP contribution is -2.13. The molecule has 0 unspecified atom stereocenters. The van der Waals surface area contributed by atoms with Crippen molar-refractivity contribution in [3.63, 3.8) is 0 Å². The van der Waals surface area contributed by atoms with Crippen molar-refractivity contribution in [1.29, 1.82) is 0 Å². The second kappa shape index (κ2) is 5.64. The zero-order valence-corrected chi connectivity index (χ0v) is 11.8. The number of carbonyl (C=O) groups excluding carboxylic acids is 1. The Kier molecular flexibility index (Phi) is 3.93. The van der Waals surface area contributed by atoms with Crippen LogP contribution in [0.1, 0.15) is 28.5 Å². The number of anilines is 2. The molecule has 20 heavy (non-hydrogen) atoms. The maximum Gasteiger partial charge on any atom is 0.257 e. The summed E-state index contributed by atoms with van der Waals surface area (Å²) < 4.78 is 5.37. The minimum atomic E-state index is -0.271. The molecule has 1 aromatic carbocycles. The second-order valence-electron chi connectivity index (χ2n) is 4.50. The van der Waals surface area contributed by atoms with Crippen molar-refractivity contribution in [2.24, 2.45) is 0 Å². The zero-order valence-electron chi connectivity index (χ0n) is 11.8. The van der Waals surface area contributed by atoms with E-state index in [0.717, 1.165) is 11.3 Å². The van der Waals surface area contributed by atoms with E-state index in [-0.39, 0.29) is 5.91 Å². The van der Waals surface area contributed by atoms with Gasteiger partial charge in [-0.25, -0.2) is 0 Å². The van der Waals surface area contributed by atoms with Gasteiger partial charge in [-0.05, 0) is 32.9 Å². The number of nitrogens with zero attached hydrogens (tertiary/aromatic N) is 1. The van der Waals surface area contributed by atoms with Crippen LogP contribution in [0, 0.1) is 13.8 Å². The number of hydrogen-bond acceptors (Lipinski definition) is 4. The number of nitrogens with two attached hydrogens (primary N) is 1. The van der Waals surface area contributed by atoms with Crippen molar-refractivity contribution < 1.29 is 9.53 Å². The molecule has 0 spiro atoms. The summed E-state index contributed by atoms with van der Waals surface area (Å²) in [6, 6.07) is 4.95. The number of nitrogen functional groups attached to an aromatic ring is 1. The molecule has 1 amide bonds. The maximum absolute atomic E-state index is 12.2. The fraction of sp³-hybridized carbons (Fsp3) is 0.286. The lowest BCUT2D eigenvalue weighted by Gasteiger charge is -2.08. The third-order valence-electron chi connectivity index (χ3n) is 2.99. The Bertz CT molecular complexity index is 634. The van der Waals surface area contributed by atoms with Gasteiger partial charge in [0.1, 0.15) is 5.75 Å². The summed E-state index contributed by atoms with van der Waals surface area (Å²) in [6.07, 6.45) is 0. The quantitative estimate of drug-likeness (QED) is 0.745. The van der Waals surface area contributed by atoms with E-state index < -0.39 is 0 Å². The summed E-state index contributed by atoms with van der Waals surface area (Å²) in [4.78, 5) is 12.2. The molecule has 2 rings (SSSR count). The van der Waals surface area contributed by atoms with E-state index in [1.807, 2.05) is 20.8 Å². The highest BCUT2D eigenvalue weighted by Crippen LogP contribution is 2.21. The normalized spacial score (nSPS) is 10.3. The van der Waals surface area contributed by atoms with Crippen LogP contribution in [0.2, 0.25) is 0 Å². The van der Waals surface area contributed by atoms with E-state index in [1.165, 1.54) is 0 Å². The van der Waals surface area contributed by atoms with Gasteiger partial charge in [0.05, 0.1) is 6.61 Å². The van der Waals surface area contributed by atoms with Gasteiger partial charge in [0.25, 0.3) is 5.91 Å². The largest absolute Gasteiger partial charge is 0.494 e. The van der Waals surface area contributed by atoms with Crippen molar-refractivity contribution >= 4 is 17.4 Å². The average Bonchev–Trinajstić information content (AvgIpc) is 2.70. The van der Waals surface area contributed by atoms with Crippen molar-refractivity contribution in [3.05, 3.63) is 35.0 Å². The molecule has 0 bridgehead atoms. The van der Waals surface area contributed by atoms with E-state index in [4.69, 9.17) is 10.5 Å². The lowest BCUT2D eigenvalue weighted by atomic mass is 10.1. The summed E-state index contributed by atoms with van der Waals surface area (Å²) in [7, 11) is 0. The molecule has 106 valence electrons. The summed E-state index contributed by atoms with van der Waals surface area (Å²) in [5, 5.41) is 9.62. The van der Waals surface area contributed by atoms with Crippen LogP contribution in [0.15, 0.2) is 18.2 Å². The number of ether oxygens (including phenoxy) is 1. The molecule has 1 aromatic heterocycles. The van der Waals surface area contributed by atoms with Gasteiger partial charge in [-0.2, -0.15) is 5.10 Å². The van der Waals surface area contributed by atoms with E-state index in [0.29, 0.717) is 29.4 Å². The maximum atomic E-state index is 12.2. The molecule has 6 heteroatoms. The third-order valence-corrected chi connectivity index (χ3v) is 2.99. The molecule has 0 saturated carbocycles. The molecule has 1 heterocycles. The molecule has 4 N–H and O–H groups in total. The van der Waals surface area contributed by atoms with Gasteiger partial charge in [-0.3, -0.25) is 9.89 Å². The lowest BCUT2D eigenvalue weighted by molar-refractivity contribution is 0.102. The van der Waals surface area contributed by atoms with Crippen molar-refractivity contribution in [2.75, 3.05) is 17.7 Å². The summed E-state index contributed by atoms with van der Waals surface area (Å²) >= 11 is 0. The van der Waals surface area contributed by atoms with Crippen LogP contribution >= 0.6 is 0 Å². The Balaban J connectivity index is 2.22. The van der Waals surface area contributed by atoms with Crippen molar-refractivity contribution in [3.8, 4) is 5.75 Å². The third kappa shape index (κ3) is 2.90. The van der Waals surface area contributed by atoms with E-state index in [1.54, 1.807) is 18.2 Å². The molecule has 0 aliphatic rings. The fourth-order valence-corrected chi connectivity index (χ4v) is 1.79. The SMILES string of the molecule is CCOc1cc(N)cc(C(=O)Nc2n[nH]c(C)c2C)c1. The second-order valence-corrected chi connectivity index (χ2v) is 4.50. The van der Waals surface area contributed by atoms with Crippen LogP contribution in [0.3, 0.4) is 0 Å². The van der Waals surface area contributed by atoms with Gasteiger partial charge in [0.15, 0.2) is 5.82 Å². The van der Waals surface area contributed by atoms with Gasteiger partial charge in [-0.1, -0.05) is 0 Å². The summed E-state index contributed by atoms with van der Waals surface area (Å²) in [6.45, 7) is 6.17. The van der Waals surface area contributed by atoms with E-state index >= 15 is 0 Å². The van der Waals surface area contributed by atoms with Crippen LogP contribution in [0.4, 0.5) is 11.5 Å². The first-order chi connectivity index (χ1) is 9.51. The van der Waals surface area contributed by atoms with Crippen LogP contribution < -0.4 is 15.8 Å². The Hall–Kier alpha value is -2.50. The number of aromatic amines is 1. The minimum Gasteiger partial charge on any atom is -0.494 e. The summed E-state index contributed by atoms with van der Waals surface area (Å²) in [5.41, 5.74) is 8.52. The Morgan fingerprint density at radius 3 is 2.75 bits per heavy atom. The van der Waals surface area contributed by atoms with Crippen molar-refractivity contribution in [2.45, 2.75) is 20.8 Å². The first-order valence-corrected chi connectivity index (χ1v) is 6.37. The van der Waals surface area contributed by atoms with Crippen LogP contribution in [0.5, 0.6) is 5.75 Å². The Morgan fingerprint density at radius 2 is 2.15 bits per heavy atom. The van der Waals surface area contributed by atoms with E-state index in [9.17, 15) is 4.79 Å². The van der Waals surface area contributed by atoms with Crippen LogP contribution in [-0.2, 0) is 0 Å². The molecule has 2 aromatic rings. The zero-order chi connectivity index (χ0) is 14.7. The van der Waals surface area contributed by atoms with Gasteiger partial charge in [0, 0.05) is 28.6 Å². The number of H-pyrrole nitrogens is 1. The van der Waals surface area contributed by atoms with Gasteiger partial charge < -0.3 is 15.8 Å². The molecular weight excluding hydrogens is 256 g/mol. The highest BCUT2D eigenvalue weighted by molar-refractivity contribution is 6.05. The predicted octanol–water partition coefficient (Wildman–Crippen LogP) is 2.26. The molecule has 0 aliphatic carbocycles. The van der Waals surface area contributed by atoms with Gasteiger partial charge >= 0.3 is 0 Å². The molecule has 0 saturated heterocycles. The molecule has 0 fully saturated rings. The number of rotatable bonds is 4.